The summed E-state index contributed by atoms with van der Waals surface area (Å²) >= 11 is 0. The molecule has 2 aromatic rings. The maximum atomic E-state index is 12.9. The van der Waals surface area contributed by atoms with Crippen molar-refractivity contribution < 1.29 is 14.3 Å². The average molecular weight is 351 g/mol. The molecule has 1 heterocycles. The molecule has 1 amide bonds. The summed E-state index contributed by atoms with van der Waals surface area (Å²) in [7, 11) is 0. The van der Waals surface area contributed by atoms with Crippen LogP contribution in [0.5, 0.6) is 0 Å². The number of hydrogen-bond acceptors (Lipinski definition) is 3. The third kappa shape index (κ3) is 3.36. The Hall–Kier alpha value is -2.62. The number of rotatable bonds is 3. The van der Waals surface area contributed by atoms with E-state index < -0.39 is 11.6 Å². The van der Waals surface area contributed by atoms with Gasteiger partial charge in [0.15, 0.2) is 5.60 Å². The second-order valence-corrected chi connectivity index (χ2v) is 7.64. The SMILES string of the molecule is Cc1ccc(C)c(NC(=O)C2(C)Cc3cc(C(C)C)ccc3C(=O)O2)c1. The Bertz CT molecular complexity index is 885. The Morgan fingerprint density at radius 1 is 1.15 bits per heavy atom. The van der Waals surface area contributed by atoms with Crippen LogP contribution >= 0.6 is 0 Å². The number of nitrogens with one attached hydrogen (secondary N) is 1. The largest absolute Gasteiger partial charge is 0.445 e. The van der Waals surface area contributed by atoms with E-state index in [9.17, 15) is 9.59 Å². The highest BCUT2D eigenvalue weighted by Crippen LogP contribution is 2.32. The lowest BCUT2D eigenvalue weighted by Crippen LogP contribution is -2.49. The summed E-state index contributed by atoms with van der Waals surface area (Å²) < 4.78 is 5.55. The first-order chi connectivity index (χ1) is 12.2. The van der Waals surface area contributed by atoms with E-state index in [-0.39, 0.29) is 5.91 Å². The Morgan fingerprint density at radius 2 is 1.88 bits per heavy atom. The fourth-order valence-corrected chi connectivity index (χ4v) is 3.23. The smallest absolute Gasteiger partial charge is 0.339 e. The maximum absolute atomic E-state index is 12.9. The van der Waals surface area contributed by atoms with Crippen molar-refractivity contribution in [3.8, 4) is 0 Å². The van der Waals surface area contributed by atoms with E-state index in [0.717, 1.165) is 27.9 Å². The third-order valence-electron chi connectivity index (χ3n) is 4.98. The van der Waals surface area contributed by atoms with Gasteiger partial charge in [-0.05, 0) is 61.1 Å². The molecule has 0 bridgehead atoms. The lowest BCUT2D eigenvalue weighted by molar-refractivity contribution is -0.134. The first-order valence-electron chi connectivity index (χ1n) is 8.94. The van der Waals surface area contributed by atoms with E-state index in [1.807, 2.05) is 44.2 Å². The van der Waals surface area contributed by atoms with Crippen molar-refractivity contribution in [2.75, 3.05) is 5.32 Å². The van der Waals surface area contributed by atoms with Crippen LogP contribution in [-0.4, -0.2) is 17.5 Å². The summed E-state index contributed by atoms with van der Waals surface area (Å²) in [6.45, 7) is 9.80. The average Bonchev–Trinajstić information content (AvgIpc) is 2.57. The van der Waals surface area contributed by atoms with Crippen molar-refractivity contribution in [3.05, 3.63) is 64.2 Å². The Labute approximate surface area is 154 Å². The van der Waals surface area contributed by atoms with Gasteiger partial charge in [-0.2, -0.15) is 0 Å². The molecule has 1 atom stereocenters. The number of fused-ring (bicyclic) bond motifs is 1. The van der Waals surface area contributed by atoms with E-state index >= 15 is 0 Å². The number of aryl methyl sites for hydroxylation is 2. The Kier molecular flexibility index (Phi) is 4.61. The van der Waals surface area contributed by atoms with Crippen LogP contribution in [0.4, 0.5) is 5.69 Å². The molecule has 0 saturated carbocycles. The highest BCUT2D eigenvalue weighted by Gasteiger charge is 2.43. The number of carbonyl (C=O) groups is 2. The van der Waals surface area contributed by atoms with E-state index in [4.69, 9.17) is 4.74 Å². The molecule has 0 spiro atoms. The fourth-order valence-electron chi connectivity index (χ4n) is 3.23. The highest BCUT2D eigenvalue weighted by molar-refractivity contribution is 6.02. The number of ether oxygens (including phenoxy) is 1. The van der Waals surface area contributed by atoms with Crippen molar-refractivity contribution >= 4 is 17.6 Å². The quantitative estimate of drug-likeness (QED) is 0.826. The molecular formula is C22H25NO3. The number of amides is 1. The number of anilines is 1. The third-order valence-corrected chi connectivity index (χ3v) is 4.98. The molecule has 26 heavy (non-hydrogen) atoms. The monoisotopic (exact) mass is 351 g/mol. The predicted molar refractivity (Wildman–Crippen MR) is 103 cm³/mol. The van der Waals surface area contributed by atoms with Crippen molar-refractivity contribution in [3.63, 3.8) is 0 Å². The van der Waals surface area contributed by atoms with Crippen molar-refractivity contribution in [2.24, 2.45) is 0 Å². The molecule has 2 aromatic carbocycles. The number of carbonyl (C=O) groups excluding carboxylic acids is 2. The first-order valence-corrected chi connectivity index (χ1v) is 8.94. The second-order valence-electron chi connectivity index (χ2n) is 7.64. The molecule has 4 nitrogen and oxygen atoms in total. The molecule has 1 unspecified atom stereocenters. The summed E-state index contributed by atoms with van der Waals surface area (Å²) in [6, 6.07) is 11.6. The molecule has 0 saturated heterocycles. The predicted octanol–water partition coefficient (Wildman–Crippen LogP) is 4.54. The Morgan fingerprint density at radius 3 is 2.58 bits per heavy atom. The molecule has 136 valence electrons. The van der Waals surface area contributed by atoms with E-state index in [2.05, 4.69) is 19.2 Å². The van der Waals surface area contributed by atoms with E-state index in [1.54, 1.807) is 13.0 Å². The van der Waals surface area contributed by atoms with Gasteiger partial charge in [0.05, 0.1) is 5.56 Å². The van der Waals surface area contributed by atoms with Crippen LogP contribution in [0.25, 0.3) is 0 Å². The molecule has 1 N–H and O–H groups in total. The van der Waals surface area contributed by atoms with Crippen LogP contribution in [0, 0.1) is 13.8 Å². The van der Waals surface area contributed by atoms with Gasteiger partial charge in [-0.3, -0.25) is 4.79 Å². The zero-order valence-electron chi connectivity index (χ0n) is 16.0. The second kappa shape index (κ2) is 6.60. The van der Waals surface area contributed by atoms with Gasteiger partial charge in [0.25, 0.3) is 5.91 Å². The molecule has 0 aliphatic carbocycles. The minimum atomic E-state index is -1.23. The molecule has 1 aliphatic heterocycles. The van der Waals surface area contributed by atoms with Crippen LogP contribution < -0.4 is 5.32 Å². The molecular weight excluding hydrogens is 326 g/mol. The van der Waals surface area contributed by atoms with Crippen LogP contribution in [0.2, 0.25) is 0 Å². The number of benzene rings is 2. The molecule has 0 fully saturated rings. The first kappa shape index (κ1) is 18.2. The number of hydrogen-bond donors (Lipinski definition) is 1. The van der Waals surface area contributed by atoms with Crippen molar-refractivity contribution in [1.82, 2.24) is 0 Å². The summed E-state index contributed by atoms with van der Waals surface area (Å²) in [4.78, 5) is 25.4. The van der Waals surface area contributed by atoms with Gasteiger partial charge in [0, 0.05) is 12.1 Å². The molecule has 3 rings (SSSR count). The van der Waals surface area contributed by atoms with Gasteiger partial charge >= 0.3 is 5.97 Å². The summed E-state index contributed by atoms with van der Waals surface area (Å²) in [6.07, 6.45) is 0.366. The number of esters is 1. The topological polar surface area (TPSA) is 55.4 Å². The minimum absolute atomic E-state index is 0.305. The van der Waals surface area contributed by atoms with Crippen molar-refractivity contribution in [1.29, 1.82) is 0 Å². The van der Waals surface area contributed by atoms with Gasteiger partial charge < -0.3 is 10.1 Å². The lowest BCUT2D eigenvalue weighted by atomic mass is 9.86. The molecule has 4 heteroatoms. The van der Waals surface area contributed by atoms with Gasteiger partial charge in [0.1, 0.15) is 0 Å². The van der Waals surface area contributed by atoms with Crippen molar-refractivity contribution in [2.45, 2.75) is 52.6 Å². The molecule has 0 aromatic heterocycles. The normalized spacial score (nSPS) is 19.1. The zero-order valence-corrected chi connectivity index (χ0v) is 16.0. The minimum Gasteiger partial charge on any atom is -0.445 e. The standard InChI is InChI=1S/C22H25NO3/c1-13(2)16-8-9-18-17(11-16)12-22(5,26-20(18)24)21(25)23-19-10-14(3)6-7-15(19)4/h6-11,13H,12H2,1-5H3,(H,23,25). The molecule has 1 aliphatic rings. The van der Waals surface area contributed by atoms with Gasteiger partial charge in [-0.15, -0.1) is 0 Å². The van der Waals surface area contributed by atoms with Gasteiger partial charge in [0.2, 0.25) is 0 Å². The Balaban J connectivity index is 1.90. The maximum Gasteiger partial charge on any atom is 0.339 e. The van der Waals surface area contributed by atoms with Gasteiger partial charge in [-0.1, -0.05) is 38.1 Å². The highest BCUT2D eigenvalue weighted by atomic mass is 16.6. The van der Waals surface area contributed by atoms with Crippen LogP contribution in [-0.2, 0) is 16.0 Å². The van der Waals surface area contributed by atoms with E-state index in [0.29, 0.717) is 17.9 Å². The van der Waals surface area contributed by atoms with Gasteiger partial charge in [-0.25, -0.2) is 4.79 Å². The van der Waals surface area contributed by atoms with Crippen LogP contribution in [0.15, 0.2) is 36.4 Å². The lowest BCUT2D eigenvalue weighted by Gasteiger charge is -2.33. The van der Waals surface area contributed by atoms with Crippen LogP contribution in [0.1, 0.15) is 59.3 Å². The summed E-state index contributed by atoms with van der Waals surface area (Å²) in [5.74, 6) is -0.395. The van der Waals surface area contributed by atoms with Crippen LogP contribution in [0.3, 0.4) is 0 Å². The fraction of sp³-hybridized carbons (Fsp3) is 0.364. The number of cyclic esters (lactones) is 1. The summed E-state index contributed by atoms with van der Waals surface area (Å²) in [5.41, 5.74) is 4.11. The molecule has 0 radical (unpaired) electrons. The zero-order chi connectivity index (χ0) is 19.1. The summed E-state index contributed by atoms with van der Waals surface area (Å²) in [5, 5.41) is 2.93. The van der Waals surface area contributed by atoms with E-state index in [1.165, 1.54) is 0 Å².